The Labute approximate surface area is 91.9 Å². The molecule has 1 unspecified atom stereocenters. The molecule has 2 N–H and O–H groups in total. The van der Waals surface area contributed by atoms with Crippen LogP contribution in [0.4, 0.5) is 0 Å². The first-order chi connectivity index (χ1) is 6.50. The molecule has 0 aliphatic carbocycles. The van der Waals surface area contributed by atoms with E-state index in [9.17, 15) is 4.79 Å². The van der Waals surface area contributed by atoms with Gasteiger partial charge in [-0.2, -0.15) is 0 Å². The Morgan fingerprint density at radius 2 is 1.71 bits per heavy atom. The molecule has 0 rings (SSSR count). The summed E-state index contributed by atoms with van der Waals surface area (Å²) < 4.78 is 0. The topological polar surface area (TPSA) is 57.5 Å². The van der Waals surface area contributed by atoms with Crippen LogP contribution in [0.1, 0.15) is 52.4 Å². The van der Waals surface area contributed by atoms with Crippen molar-refractivity contribution in [2.75, 3.05) is 0 Å². The predicted molar refractivity (Wildman–Crippen MR) is 61.7 cm³/mol. The maximum atomic E-state index is 10.0. The standard InChI is InChI=1S/C8H16O2.C2H6OS/c1-2-3-4-5-6-7-8(9)10;1-2(3)4/h2-7H2,1H3,(H,9,10);2-4H,1H3. The van der Waals surface area contributed by atoms with Gasteiger partial charge in [0.25, 0.3) is 0 Å². The number of carboxylic acid groups (broad SMARTS) is 1. The monoisotopic (exact) mass is 222 g/mol. The van der Waals surface area contributed by atoms with Crippen LogP contribution >= 0.6 is 12.6 Å². The molecule has 0 saturated heterocycles. The van der Waals surface area contributed by atoms with E-state index in [4.69, 9.17) is 10.2 Å². The third kappa shape index (κ3) is 29.8. The Kier molecular flexibility index (Phi) is 14.8. The van der Waals surface area contributed by atoms with Crippen LogP contribution in [0.25, 0.3) is 0 Å². The fourth-order valence-electron chi connectivity index (χ4n) is 0.880. The van der Waals surface area contributed by atoms with Gasteiger partial charge >= 0.3 is 5.97 Å². The number of unbranched alkanes of at least 4 members (excludes halogenated alkanes) is 4. The summed E-state index contributed by atoms with van der Waals surface area (Å²) in [6, 6.07) is 0. The largest absolute Gasteiger partial charge is 0.481 e. The van der Waals surface area contributed by atoms with Gasteiger partial charge in [0, 0.05) is 6.42 Å². The van der Waals surface area contributed by atoms with Crippen molar-refractivity contribution in [1.29, 1.82) is 0 Å². The second-order valence-electron chi connectivity index (χ2n) is 3.19. The Morgan fingerprint density at radius 1 is 1.29 bits per heavy atom. The van der Waals surface area contributed by atoms with Crippen molar-refractivity contribution in [3.05, 3.63) is 0 Å². The lowest BCUT2D eigenvalue weighted by Crippen LogP contribution is -1.93. The van der Waals surface area contributed by atoms with Gasteiger partial charge in [-0.3, -0.25) is 4.79 Å². The highest BCUT2D eigenvalue weighted by Crippen LogP contribution is 2.04. The number of aliphatic carboxylic acids is 1. The van der Waals surface area contributed by atoms with E-state index in [1.807, 2.05) is 0 Å². The Hall–Kier alpha value is -0.220. The number of aliphatic hydroxyl groups is 1. The van der Waals surface area contributed by atoms with E-state index in [1.54, 1.807) is 6.92 Å². The number of carboxylic acids is 1. The first-order valence-corrected chi connectivity index (χ1v) is 5.60. The molecule has 0 aliphatic heterocycles. The van der Waals surface area contributed by atoms with Crippen LogP contribution in [-0.4, -0.2) is 21.6 Å². The molecular formula is C10H22O3S. The molecular weight excluding hydrogens is 200 g/mol. The van der Waals surface area contributed by atoms with Gasteiger partial charge in [-0.15, -0.1) is 12.6 Å². The van der Waals surface area contributed by atoms with Gasteiger partial charge < -0.3 is 10.2 Å². The summed E-state index contributed by atoms with van der Waals surface area (Å²) >= 11 is 3.52. The molecule has 0 aromatic heterocycles. The molecule has 0 aromatic carbocycles. The minimum Gasteiger partial charge on any atom is -0.481 e. The van der Waals surface area contributed by atoms with Crippen LogP contribution in [0.15, 0.2) is 0 Å². The molecule has 0 aliphatic rings. The molecule has 4 heteroatoms. The van der Waals surface area contributed by atoms with Gasteiger partial charge in [-0.1, -0.05) is 32.6 Å². The first-order valence-electron chi connectivity index (χ1n) is 5.08. The minimum absolute atomic E-state index is 0.337. The molecule has 1 atom stereocenters. The fourth-order valence-corrected chi connectivity index (χ4v) is 0.880. The summed E-state index contributed by atoms with van der Waals surface area (Å²) in [6.45, 7) is 3.74. The quantitative estimate of drug-likeness (QED) is 0.368. The molecule has 86 valence electrons. The zero-order valence-electron chi connectivity index (χ0n) is 9.07. The molecule has 0 radical (unpaired) electrons. The Bertz CT molecular complexity index is 124. The lowest BCUT2D eigenvalue weighted by molar-refractivity contribution is -0.137. The van der Waals surface area contributed by atoms with E-state index in [2.05, 4.69) is 19.6 Å². The fraction of sp³-hybridized carbons (Fsp3) is 0.900. The van der Waals surface area contributed by atoms with E-state index < -0.39 is 11.4 Å². The van der Waals surface area contributed by atoms with Crippen molar-refractivity contribution in [2.45, 2.75) is 57.8 Å². The van der Waals surface area contributed by atoms with Gasteiger partial charge in [0.1, 0.15) is 0 Å². The van der Waals surface area contributed by atoms with Crippen LogP contribution in [0.3, 0.4) is 0 Å². The molecule has 0 amide bonds. The van der Waals surface area contributed by atoms with Crippen LogP contribution < -0.4 is 0 Å². The summed E-state index contributed by atoms with van der Waals surface area (Å²) in [4.78, 5) is 10.0. The smallest absolute Gasteiger partial charge is 0.303 e. The van der Waals surface area contributed by atoms with Crippen molar-refractivity contribution >= 4 is 18.6 Å². The van der Waals surface area contributed by atoms with Crippen LogP contribution in [-0.2, 0) is 4.79 Å². The van der Waals surface area contributed by atoms with E-state index in [1.165, 1.54) is 19.3 Å². The molecule has 0 bridgehead atoms. The molecule has 0 fully saturated rings. The molecule has 0 saturated carbocycles. The molecule has 14 heavy (non-hydrogen) atoms. The Balaban J connectivity index is 0. The number of carbonyl (C=O) groups is 1. The summed E-state index contributed by atoms with van der Waals surface area (Å²) in [5, 5.41) is 16.2. The summed E-state index contributed by atoms with van der Waals surface area (Å²) in [5.74, 6) is -0.670. The summed E-state index contributed by atoms with van der Waals surface area (Å²) in [6.07, 6.45) is 5.88. The van der Waals surface area contributed by atoms with Gasteiger partial charge in [-0.05, 0) is 13.3 Å². The van der Waals surface area contributed by atoms with E-state index in [-0.39, 0.29) is 0 Å². The van der Waals surface area contributed by atoms with Gasteiger partial charge in [-0.25, -0.2) is 0 Å². The van der Waals surface area contributed by atoms with Crippen LogP contribution in [0, 0.1) is 0 Å². The van der Waals surface area contributed by atoms with Crippen molar-refractivity contribution in [1.82, 2.24) is 0 Å². The lowest BCUT2D eigenvalue weighted by Gasteiger charge is -1.95. The average molecular weight is 222 g/mol. The molecule has 3 nitrogen and oxygen atoms in total. The number of aliphatic hydroxyl groups excluding tert-OH is 1. The van der Waals surface area contributed by atoms with Gasteiger partial charge in [0.05, 0.1) is 5.44 Å². The van der Waals surface area contributed by atoms with Crippen LogP contribution in [0.5, 0.6) is 0 Å². The summed E-state index contributed by atoms with van der Waals surface area (Å²) in [7, 11) is 0. The second-order valence-corrected chi connectivity index (χ2v) is 3.94. The lowest BCUT2D eigenvalue weighted by atomic mass is 10.1. The van der Waals surface area contributed by atoms with Gasteiger partial charge in [0.15, 0.2) is 0 Å². The Morgan fingerprint density at radius 3 is 2.07 bits per heavy atom. The SMILES string of the molecule is CC(O)S.CCCCCCCC(=O)O. The zero-order chi connectivity index (χ0) is 11.4. The van der Waals surface area contributed by atoms with Crippen molar-refractivity contribution < 1.29 is 15.0 Å². The molecule has 0 heterocycles. The van der Waals surface area contributed by atoms with Gasteiger partial charge in [0.2, 0.25) is 0 Å². The minimum atomic E-state index is -0.670. The third-order valence-electron chi connectivity index (χ3n) is 1.49. The normalized spacial score (nSPS) is 11.4. The average Bonchev–Trinajstić information content (AvgIpc) is 2.02. The van der Waals surface area contributed by atoms with Crippen molar-refractivity contribution in [3.8, 4) is 0 Å². The molecule has 0 spiro atoms. The van der Waals surface area contributed by atoms with Crippen molar-refractivity contribution in [2.24, 2.45) is 0 Å². The number of thiol groups is 1. The first kappa shape index (κ1) is 16.2. The predicted octanol–water partition coefficient (Wildman–Crippen LogP) is 2.69. The highest BCUT2D eigenvalue weighted by molar-refractivity contribution is 7.80. The zero-order valence-corrected chi connectivity index (χ0v) is 9.96. The second kappa shape index (κ2) is 12.8. The molecule has 0 aromatic rings. The highest BCUT2D eigenvalue weighted by atomic mass is 32.1. The number of rotatable bonds is 6. The third-order valence-corrected chi connectivity index (χ3v) is 1.49. The van der Waals surface area contributed by atoms with Crippen molar-refractivity contribution in [3.63, 3.8) is 0 Å². The maximum absolute atomic E-state index is 10.0. The van der Waals surface area contributed by atoms with Crippen LogP contribution in [0.2, 0.25) is 0 Å². The summed E-state index contributed by atoms with van der Waals surface area (Å²) in [5.41, 5.74) is -0.472. The van der Waals surface area contributed by atoms with E-state index in [0.717, 1.165) is 12.8 Å². The highest BCUT2D eigenvalue weighted by Gasteiger charge is 1.94. The number of hydrogen-bond acceptors (Lipinski definition) is 3. The maximum Gasteiger partial charge on any atom is 0.303 e. The van der Waals surface area contributed by atoms with E-state index in [0.29, 0.717) is 6.42 Å². The number of hydrogen-bond donors (Lipinski definition) is 3. The van der Waals surface area contributed by atoms with E-state index >= 15 is 0 Å².